The lowest BCUT2D eigenvalue weighted by Crippen LogP contribution is -2.33. The normalized spacial score (nSPS) is 14.6. The van der Waals surface area contributed by atoms with Gasteiger partial charge in [-0.1, -0.05) is 19.9 Å². The van der Waals surface area contributed by atoms with E-state index in [1.54, 1.807) is 33.8 Å². The number of esters is 2. The number of fused-ring (bicyclic) bond motifs is 2. The van der Waals surface area contributed by atoms with E-state index in [-0.39, 0.29) is 66.0 Å². The van der Waals surface area contributed by atoms with Crippen molar-refractivity contribution in [1.29, 1.82) is 0 Å². The molecule has 0 aromatic heterocycles. The molecule has 0 saturated heterocycles. The highest BCUT2D eigenvalue weighted by Gasteiger charge is 2.37. The Morgan fingerprint density at radius 3 is 1.65 bits per heavy atom. The van der Waals surface area contributed by atoms with Crippen molar-refractivity contribution in [2.45, 2.75) is 27.7 Å². The van der Waals surface area contributed by atoms with E-state index in [1.165, 1.54) is 36.4 Å². The summed E-state index contributed by atoms with van der Waals surface area (Å²) in [6, 6.07) is 8.79. The number of allylic oxidation sites excluding steroid dienone is 1. The molecule has 0 aliphatic carbocycles. The first kappa shape index (κ1) is 28.2. The molecule has 4 rings (SSSR count). The van der Waals surface area contributed by atoms with Crippen LogP contribution in [0, 0.1) is 5.92 Å². The van der Waals surface area contributed by atoms with Gasteiger partial charge in [0.2, 0.25) is 0 Å². The summed E-state index contributed by atoms with van der Waals surface area (Å²) in [5, 5.41) is 0. The summed E-state index contributed by atoms with van der Waals surface area (Å²) in [6.07, 6.45) is 1.60. The Balaban J connectivity index is 1.42. The maximum atomic E-state index is 12.9. The van der Waals surface area contributed by atoms with Crippen LogP contribution in [0.1, 0.15) is 69.1 Å². The van der Waals surface area contributed by atoms with Crippen LogP contribution in [0.25, 0.3) is 0 Å². The summed E-state index contributed by atoms with van der Waals surface area (Å²) in [5.41, 5.74) is 1.08. The molecule has 208 valence electrons. The van der Waals surface area contributed by atoms with Gasteiger partial charge >= 0.3 is 11.9 Å². The average molecular weight is 549 g/mol. The van der Waals surface area contributed by atoms with Crippen LogP contribution in [0.4, 0.5) is 0 Å². The fourth-order valence-electron chi connectivity index (χ4n) is 4.07. The van der Waals surface area contributed by atoms with Crippen LogP contribution >= 0.6 is 0 Å². The van der Waals surface area contributed by atoms with Crippen molar-refractivity contribution in [1.82, 2.24) is 9.80 Å². The molecule has 2 aromatic carbocycles. The van der Waals surface area contributed by atoms with Crippen molar-refractivity contribution in [2.75, 3.05) is 26.3 Å². The Morgan fingerprint density at radius 1 is 0.750 bits per heavy atom. The lowest BCUT2D eigenvalue weighted by Gasteiger charge is -2.14. The standard InChI is InChI=1S/C29H28N2O9/c1-5-17(4)29(37)39-13-11-31-25(33)21-9-7-19(15-23(21)27(31)35)40-18-6-8-20-22(14-18)26(34)30(24(20)32)10-12-38-28(36)16(2)3/h5-9,14-16H,10-13H2,1-4H3/b17-5+. The molecule has 2 aliphatic rings. The fourth-order valence-corrected chi connectivity index (χ4v) is 4.07. The number of carbonyl (C=O) groups is 6. The minimum absolute atomic E-state index is 0.0768. The first-order valence-corrected chi connectivity index (χ1v) is 12.7. The highest BCUT2D eigenvalue weighted by atomic mass is 16.5. The van der Waals surface area contributed by atoms with E-state index < -0.39 is 35.6 Å². The van der Waals surface area contributed by atoms with Gasteiger partial charge in [0.05, 0.1) is 41.3 Å². The number of imide groups is 2. The number of benzene rings is 2. The number of carbonyl (C=O) groups excluding carboxylic acids is 6. The Morgan fingerprint density at radius 2 is 1.20 bits per heavy atom. The zero-order chi connectivity index (χ0) is 29.1. The second kappa shape index (κ2) is 11.5. The lowest BCUT2D eigenvalue weighted by atomic mass is 10.1. The zero-order valence-corrected chi connectivity index (χ0v) is 22.5. The third kappa shape index (κ3) is 5.49. The molecular weight excluding hydrogens is 520 g/mol. The van der Waals surface area contributed by atoms with Gasteiger partial charge in [-0.2, -0.15) is 0 Å². The minimum Gasteiger partial charge on any atom is -0.464 e. The van der Waals surface area contributed by atoms with Crippen molar-refractivity contribution < 1.29 is 43.0 Å². The molecule has 2 aliphatic heterocycles. The first-order chi connectivity index (χ1) is 19.0. The van der Waals surface area contributed by atoms with E-state index >= 15 is 0 Å². The molecule has 2 heterocycles. The maximum Gasteiger partial charge on any atom is 0.333 e. The average Bonchev–Trinajstić information content (AvgIpc) is 3.31. The van der Waals surface area contributed by atoms with Crippen molar-refractivity contribution in [3.63, 3.8) is 0 Å². The second-order valence-corrected chi connectivity index (χ2v) is 9.47. The molecule has 0 spiro atoms. The highest BCUT2D eigenvalue weighted by molar-refractivity contribution is 6.22. The highest BCUT2D eigenvalue weighted by Crippen LogP contribution is 2.32. The molecule has 0 unspecified atom stereocenters. The first-order valence-electron chi connectivity index (χ1n) is 12.7. The molecule has 0 atom stereocenters. The molecule has 11 heteroatoms. The molecule has 0 radical (unpaired) electrons. The van der Waals surface area contributed by atoms with Gasteiger partial charge in [0, 0.05) is 5.57 Å². The van der Waals surface area contributed by atoms with Crippen molar-refractivity contribution in [3.05, 3.63) is 70.3 Å². The molecule has 0 saturated carbocycles. The van der Waals surface area contributed by atoms with Crippen molar-refractivity contribution >= 4 is 35.6 Å². The molecule has 4 amide bonds. The predicted octanol–water partition coefficient (Wildman–Crippen LogP) is 3.38. The Labute approximate surface area is 230 Å². The van der Waals surface area contributed by atoms with Gasteiger partial charge in [0.15, 0.2) is 0 Å². The van der Waals surface area contributed by atoms with Gasteiger partial charge < -0.3 is 14.2 Å². The summed E-state index contributed by atoms with van der Waals surface area (Å²) >= 11 is 0. The van der Waals surface area contributed by atoms with Crippen LogP contribution in [-0.2, 0) is 19.1 Å². The third-order valence-electron chi connectivity index (χ3n) is 6.45. The van der Waals surface area contributed by atoms with E-state index in [9.17, 15) is 28.8 Å². The number of hydrogen-bond acceptors (Lipinski definition) is 9. The van der Waals surface area contributed by atoms with Crippen molar-refractivity contribution in [2.24, 2.45) is 5.92 Å². The lowest BCUT2D eigenvalue weighted by molar-refractivity contribution is -0.147. The molecular formula is C29H28N2O9. The van der Waals surface area contributed by atoms with Crippen LogP contribution in [-0.4, -0.2) is 71.7 Å². The smallest absolute Gasteiger partial charge is 0.333 e. The second-order valence-electron chi connectivity index (χ2n) is 9.47. The van der Waals surface area contributed by atoms with Gasteiger partial charge in [0.1, 0.15) is 24.7 Å². The largest absolute Gasteiger partial charge is 0.464 e. The fraction of sp³-hybridized carbons (Fsp3) is 0.310. The SMILES string of the molecule is C/C=C(\C)C(=O)OCCN1C(=O)c2ccc(Oc3ccc4c(c3)C(=O)N(CCOC(=O)C(C)C)C4=O)cc2C1=O. The van der Waals surface area contributed by atoms with Crippen molar-refractivity contribution in [3.8, 4) is 11.5 Å². The van der Waals surface area contributed by atoms with Crippen LogP contribution in [0.5, 0.6) is 11.5 Å². The van der Waals surface area contributed by atoms with Crippen LogP contribution in [0.15, 0.2) is 48.0 Å². The monoisotopic (exact) mass is 548 g/mol. The zero-order valence-electron chi connectivity index (χ0n) is 22.5. The van der Waals surface area contributed by atoms with Gasteiger partial charge in [-0.15, -0.1) is 0 Å². The number of hydrogen-bond donors (Lipinski definition) is 0. The number of rotatable bonds is 10. The van der Waals surface area contributed by atoms with Gasteiger partial charge in [-0.05, 0) is 50.2 Å². The van der Waals surface area contributed by atoms with E-state index in [4.69, 9.17) is 14.2 Å². The van der Waals surface area contributed by atoms with Crippen LogP contribution < -0.4 is 4.74 Å². The molecule has 0 bridgehead atoms. The summed E-state index contributed by atoms with van der Waals surface area (Å²) in [7, 11) is 0. The topological polar surface area (TPSA) is 137 Å². The Hall–Kier alpha value is -4.80. The summed E-state index contributed by atoms with van der Waals surface area (Å²) in [6.45, 7) is 6.24. The van der Waals surface area contributed by atoms with Gasteiger partial charge in [0.25, 0.3) is 23.6 Å². The summed E-state index contributed by atoms with van der Waals surface area (Å²) in [5.74, 6) is -2.88. The van der Waals surface area contributed by atoms with E-state index in [0.717, 1.165) is 9.80 Å². The Kier molecular flexibility index (Phi) is 8.13. The minimum atomic E-state index is -0.548. The predicted molar refractivity (Wildman–Crippen MR) is 140 cm³/mol. The van der Waals surface area contributed by atoms with E-state index in [0.29, 0.717) is 5.57 Å². The maximum absolute atomic E-state index is 12.9. The summed E-state index contributed by atoms with van der Waals surface area (Å²) in [4.78, 5) is 76.6. The number of amides is 4. The third-order valence-corrected chi connectivity index (χ3v) is 6.45. The van der Waals surface area contributed by atoms with E-state index in [1.807, 2.05) is 0 Å². The Bertz CT molecular complexity index is 1460. The molecule has 11 nitrogen and oxygen atoms in total. The quantitative estimate of drug-likeness (QED) is 0.249. The number of ether oxygens (including phenoxy) is 3. The van der Waals surface area contributed by atoms with Crippen LogP contribution in [0.3, 0.4) is 0 Å². The number of nitrogens with zero attached hydrogens (tertiary/aromatic N) is 2. The molecule has 0 fully saturated rings. The van der Waals surface area contributed by atoms with Gasteiger partial charge in [-0.25, -0.2) is 4.79 Å². The van der Waals surface area contributed by atoms with E-state index in [2.05, 4.69) is 0 Å². The molecule has 40 heavy (non-hydrogen) atoms. The molecule has 0 N–H and O–H groups in total. The summed E-state index contributed by atoms with van der Waals surface area (Å²) < 4.78 is 16.0. The molecule has 2 aromatic rings. The van der Waals surface area contributed by atoms with Crippen LogP contribution in [0.2, 0.25) is 0 Å². The van der Waals surface area contributed by atoms with Gasteiger partial charge in [-0.3, -0.25) is 33.8 Å².